The minimum atomic E-state index is -2.63. The van der Waals surface area contributed by atoms with Gasteiger partial charge < -0.3 is 4.90 Å². The summed E-state index contributed by atoms with van der Waals surface area (Å²) < 4.78 is 24.2. The van der Waals surface area contributed by atoms with E-state index in [-0.39, 0.29) is 11.0 Å². The van der Waals surface area contributed by atoms with Gasteiger partial charge in [-0.15, -0.1) is 0 Å². The second kappa shape index (κ2) is 4.97. The quantitative estimate of drug-likeness (QED) is 0.464. The highest BCUT2D eigenvalue weighted by Crippen LogP contribution is 2.30. The van der Waals surface area contributed by atoms with E-state index < -0.39 is 23.6 Å². The summed E-state index contributed by atoms with van der Waals surface area (Å²) in [7, 11) is 1.26. The Morgan fingerprint density at radius 3 is 2.75 bits per heavy atom. The summed E-state index contributed by atoms with van der Waals surface area (Å²) in [5.41, 5.74) is -0.577. The number of nitro groups is 1. The Bertz CT molecular complexity index is 404. The zero-order valence-corrected chi connectivity index (χ0v) is 8.86. The fraction of sp³-hybridized carbons (Fsp3) is 0.429. The van der Waals surface area contributed by atoms with Crippen LogP contribution in [-0.2, 0) is 0 Å². The number of anilines is 1. The maximum absolute atomic E-state index is 12.1. The van der Waals surface area contributed by atoms with Gasteiger partial charge in [0.15, 0.2) is 0 Å². The number of nitrogens with zero attached hydrogens (tertiary/aromatic N) is 4. The van der Waals surface area contributed by atoms with Crippen molar-refractivity contribution in [2.75, 3.05) is 18.5 Å². The van der Waals surface area contributed by atoms with Crippen molar-refractivity contribution >= 4 is 23.1 Å². The normalized spacial score (nSPS) is 10.6. The van der Waals surface area contributed by atoms with Crippen molar-refractivity contribution in [3.8, 4) is 0 Å². The van der Waals surface area contributed by atoms with Crippen molar-refractivity contribution in [3.63, 3.8) is 0 Å². The van der Waals surface area contributed by atoms with Crippen LogP contribution in [0.5, 0.6) is 0 Å². The van der Waals surface area contributed by atoms with E-state index >= 15 is 0 Å². The molecule has 0 saturated heterocycles. The van der Waals surface area contributed by atoms with Gasteiger partial charge in [0.2, 0.25) is 11.0 Å². The van der Waals surface area contributed by atoms with Crippen LogP contribution in [0.25, 0.3) is 0 Å². The molecule has 0 aliphatic carbocycles. The van der Waals surface area contributed by atoms with E-state index in [2.05, 4.69) is 9.97 Å². The number of hydrogen-bond acceptors (Lipinski definition) is 5. The van der Waals surface area contributed by atoms with E-state index in [4.69, 9.17) is 11.6 Å². The average molecular weight is 253 g/mol. The van der Waals surface area contributed by atoms with Crippen molar-refractivity contribution in [2.45, 2.75) is 6.43 Å². The molecule has 0 N–H and O–H groups in total. The molecule has 1 rings (SSSR count). The molecule has 0 radical (unpaired) electrons. The third-order valence-corrected chi connectivity index (χ3v) is 1.99. The SMILES string of the molecule is CN(CC(F)F)c1ncnc(Cl)c1[N+](=O)[O-]. The molecule has 0 bridgehead atoms. The molecule has 1 aromatic rings. The summed E-state index contributed by atoms with van der Waals surface area (Å²) in [5.74, 6) is -0.231. The van der Waals surface area contributed by atoms with Crippen LogP contribution in [-0.4, -0.2) is 34.9 Å². The van der Waals surface area contributed by atoms with E-state index in [9.17, 15) is 18.9 Å². The number of halogens is 3. The molecule has 0 amide bonds. The van der Waals surface area contributed by atoms with E-state index in [1.54, 1.807) is 0 Å². The summed E-state index contributed by atoms with van der Waals surface area (Å²) in [6.45, 7) is -0.672. The largest absolute Gasteiger partial charge is 0.348 e. The molecule has 1 aromatic heterocycles. The third kappa shape index (κ3) is 2.72. The van der Waals surface area contributed by atoms with Gasteiger partial charge in [0, 0.05) is 7.05 Å². The van der Waals surface area contributed by atoms with Crippen molar-refractivity contribution in [1.29, 1.82) is 0 Å². The summed E-state index contributed by atoms with van der Waals surface area (Å²) in [4.78, 5) is 17.8. The molecule has 0 aliphatic rings. The summed E-state index contributed by atoms with van der Waals surface area (Å²) in [6, 6.07) is 0. The minimum absolute atomic E-state index is 0.231. The van der Waals surface area contributed by atoms with Gasteiger partial charge in [0.1, 0.15) is 6.33 Å². The van der Waals surface area contributed by atoms with Gasteiger partial charge in [-0.1, -0.05) is 11.6 Å². The van der Waals surface area contributed by atoms with Crippen LogP contribution in [0.4, 0.5) is 20.3 Å². The van der Waals surface area contributed by atoms with Crippen LogP contribution in [0.1, 0.15) is 0 Å². The molecular weight excluding hydrogens is 246 g/mol. The first kappa shape index (κ1) is 12.5. The zero-order valence-electron chi connectivity index (χ0n) is 8.10. The van der Waals surface area contributed by atoms with Crippen LogP contribution < -0.4 is 4.90 Å². The Balaban J connectivity index is 3.12. The van der Waals surface area contributed by atoms with Gasteiger partial charge in [-0.3, -0.25) is 10.1 Å². The molecule has 0 unspecified atom stereocenters. The molecule has 0 saturated carbocycles. The average Bonchev–Trinajstić information content (AvgIpc) is 2.15. The minimum Gasteiger partial charge on any atom is -0.348 e. The summed E-state index contributed by atoms with van der Waals surface area (Å²) >= 11 is 5.50. The van der Waals surface area contributed by atoms with Gasteiger partial charge >= 0.3 is 5.69 Å². The van der Waals surface area contributed by atoms with E-state index in [1.807, 2.05) is 0 Å². The van der Waals surface area contributed by atoms with Crippen LogP contribution in [0.3, 0.4) is 0 Å². The molecule has 0 atom stereocenters. The third-order valence-electron chi connectivity index (χ3n) is 1.71. The van der Waals surface area contributed by atoms with Crippen molar-refractivity contribution in [3.05, 3.63) is 21.6 Å². The molecule has 6 nitrogen and oxygen atoms in total. The Morgan fingerprint density at radius 2 is 2.25 bits per heavy atom. The monoisotopic (exact) mass is 252 g/mol. The maximum Gasteiger partial charge on any atom is 0.348 e. The van der Waals surface area contributed by atoms with Gasteiger partial charge in [-0.25, -0.2) is 18.7 Å². The second-order valence-electron chi connectivity index (χ2n) is 2.87. The van der Waals surface area contributed by atoms with E-state index in [0.717, 1.165) is 11.2 Å². The Kier molecular flexibility index (Phi) is 3.88. The molecule has 1 heterocycles. The van der Waals surface area contributed by atoms with Crippen LogP contribution in [0.15, 0.2) is 6.33 Å². The van der Waals surface area contributed by atoms with Gasteiger partial charge in [-0.2, -0.15) is 0 Å². The number of hydrogen-bond donors (Lipinski definition) is 0. The first-order valence-corrected chi connectivity index (χ1v) is 4.45. The van der Waals surface area contributed by atoms with Gasteiger partial charge in [0.25, 0.3) is 6.43 Å². The first-order valence-electron chi connectivity index (χ1n) is 4.07. The van der Waals surface area contributed by atoms with Crippen molar-refractivity contribution < 1.29 is 13.7 Å². The second-order valence-corrected chi connectivity index (χ2v) is 3.22. The molecule has 0 fully saturated rings. The molecular formula is C7H7ClF2N4O2. The molecule has 9 heteroatoms. The summed E-state index contributed by atoms with van der Waals surface area (Å²) in [6.07, 6.45) is -1.65. The standard InChI is InChI=1S/C7H7ClF2N4O2/c1-13(2-4(9)10)7-5(14(15)16)6(8)11-3-12-7/h3-4H,2H2,1H3. The van der Waals surface area contributed by atoms with E-state index in [0.29, 0.717) is 0 Å². The van der Waals surface area contributed by atoms with Gasteiger partial charge in [0.05, 0.1) is 11.5 Å². The predicted octanol–water partition coefficient (Wildman–Crippen LogP) is 1.74. The Hall–Kier alpha value is -1.57. The first-order chi connectivity index (χ1) is 7.43. The van der Waals surface area contributed by atoms with Crippen LogP contribution >= 0.6 is 11.6 Å². The van der Waals surface area contributed by atoms with E-state index in [1.165, 1.54) is 7.05 Å². The Morgan fingerprint density at radius 1 is 1.62 bits per heavy atom. The molecule has 88 valence electrons. The fourth-order valence-electron chi connectivity index (χ4n) is 1.08. The smallest absolute Gasteiger partial charge is 0.348 e. The lowest BCUT2D eigenvalue weighted by molar-refractivity contribution is -0.384. The topological polar surface area (TPSA) is 72.2 Å². The van der Waals surface area contributed by atoms with Crippen molar-refractivity contribution in [1.82, 2.24) is 9.97 Å². The Labute approximate surface area is 94.0 Å². The maximum atomic E-state index is 12.1. The number of alkyl halides is 2. The highest BCUT2D eigenvalue weighted by molar-refractivity contribution is 6.31. The molecule has 0 aliphatic heterocycles. The van der Waals surface area contributed by atoms with Crippen LogP contribution in [0, 0.1) is 10.1 Å². The fourth-order valence-corrected chi connectivity index (χ4v) is 1.28. The number of aromatic nitrogens is 2. The van der Waals surface area contributed by atoms with Gasteiger partial charge in [-0.05, 0) is 0 Å². The van der Waals surface area contributed by atoms with Crippen molar-refractivity contribution in [2.24, 2.45) is 0 Å². The number of rotatable bonds is 4. The lowest BCUT2D eigenvalue weighted by atomic mass is 10.4. The highest BCUT2D eigenvalue weighted by Gasteiger charge is 2.25. The predicted molar refractivity (Wildman–Crippen MR) is 53.0 cm³/mol. The molecule has 0 spiro atoms. The summed E-state index contributed by atoms with van der Waals surface area (Å²) in [5, 5.41) is 10.3. The zero-order chi connectivity index (χ0) is 12.3. The highest BCUT2D eigenvalue weighted by atomic mass is 35.5. The molecule has 0 aromatic carbocycles. The lowest BCUT2D eigenvalue weighted by Crippen LogP contribution is -2.25. The van der Waals surface area contributed by atoms with Crippen LogP contribution in [0.2, 0.25) is 5.15 Å². The lowest BCUT2D eigenvalue weighted by Gasteiger charge is -2.16. The molecule has 16 heavy (non-hydrogen) atoms.